The Hall–Kier alpha value is -0.451. The van der Waals surface area contributed by atoms with Gasteiger partial charge in [-0.3, -0.25) is 0 Å². The summed E-state index contributed by atoms with van der Waals surface area (Å²) in [5.41, 5.74) is 4.94. The van der Waals surface area contributed by atoms with Gasteiger partial charge in [0.25, 0.3) is 0 Å². The van der Waals surface area contributed by atoms with Crippen LogP contribution >= 0.6 is 0 Å². The number of hydrogen-bond donors (Lipinski definition) is 2. The van der Waals surface area contributed by atoms with Crippen molar-refractivity contribution in [3.63, 3.8) is 0 Å². The van der Waals surface area contributed by atoms with Gasteiger partial charge in [0, 0.05) is 0 Å². The summed E-state index contributed by atoms with van der Waals surface area (Å²) < 4.78 is 21.0. The molecule has 0 aliphatic carbocycles. The molecular weight excluding hydrogens is 205 g/mol. The van der Waals surface area contributed by atoms with Crippen molar-refractivity contribution in [3.8, 4) is 0 Å². The van der Waals surface area contributed by atoms with E-state index in [9.17, 15) is 12.5 Å². The van der Waals surface area contributed by atoms with Crippen LogP contribution in [0.4, 0.5) is 0 Å². The molecule has 3 N–H and O–H groups in total. The van der Waals surface area contributed by atoms with E-state index in [1.807, 2.05) is 0 Å². The summed E-state index contributed by atoms with van der Waals surface area (Å²) in [4.78, 5) is 10.00. The van der Waals surface area contributed by atoms with Crippen LogP contribution < -0.4 is 5.73 Å². The molecule has 0 saturated carbocycles. The van der Waals surface area contributed by atoms with Gasteiger partial charge in [-0.2, -0.15) is 0 Å². The van der Waals surface area contributed by atoms with Crippen molar-refractivity contribution in [2.45, 2.75) is 17.2 Å². The van der Waals surface area contributed by atoms with Gasteiger partial charge in [-0.05, 0) is 0 Å². The van der Waals surface area contributed by atoms with Crippen LogP contribution in [0.1, 0.15) is 0 Å². The van der Waals surface area contributed by atoms with Crippen molar-refractivity contribution in [2.75, 3.05) is 0 Å². The van der Waals surface area contributed by atoms with Crippen LogP contribution in [0.2, 0.25) is 11.1 Å². The normalized spacial score (nSPS) is 14.6. The second-order valence-electron chi connectivity index (χ2n) is 2.04. The molecule has 0 aromatic rings. The Labute approximate surface area is 59.8 Å². The van der Waals surface area contributed by atoms with Gasteiger partial charge in [0.2, 0.25) is 0 Å². The first-order valence-corrected chi connectivity index (χ1v) is 6.81. The summed E-state index contributed by atoms with van der Waals surface area (Å²) in [6.07, 6.45) is 0. The van der Waals surface area contributed by atoms with Crippen molar-refractivity contribution < 1.29 is 17.6 Å². The number of aliphatic carboxylic acids is 1. The quantitative estimate of drug-likeness (QED) is 0.607. The van der Waals surface area contributed by atoms with Gasteiger partial charge < -0.3 is 0 Å². The van der Waals surface area contributed by atoms with E-state index >= 15 is 0 Å². The molecule has 0 rings (SSSR count). The van der Waals surface area contributed by atoms with Gasteiger partial charge in [0.05, 0.1) is 0 Å². The van der Waals surface area contributed by atoms with Crippen LogP contribution in [0, 0.1) is 0 Å². The van der Waals surface area contributed by atoms with Gasteiger partial charge in [-0.1, -0.05) is 0 Å². The zero-order valence-corrected chi connectivity index (χ0v) is 7.16. The number of rotatable bonds is 3. The van der Waals surface area contributed by atoms with Crippen LogP contribution in [-0.2, 0) is 12.5 Å². The van der Waals surface area contributed by atoms with Gasteiger partial charge in [-0.15, -0.1) is 0 Å². The van der Waals surface area contributed by atoms with Crippen molar-refractivity contribution >= 4 is 18.7 Å². The minimum absolute atomic E-state index is 0.439. The Morgan fingerprint density at radius 2 is 2.10 bits per heavy atom. The molecule has 0 fully saturated rings. The van der Waals surface area contributed by atoms with E-state index < -0.39 is 30.0 Å². The average molecular weight is 214 g/mol. The summed E-state index contributed by atoms with van der Waals surface area (Å²) in [5, 5.41) is 7.73. The minimum atomic E-state index is -3.95. The molecule has 5 nitrogen and oxygen atoms in total. The first-order valence-electron chi connectivity index (χ1n) is 2.49. The molecule has 6 heteroatoms. The molecule has 0 spiro atoms. The van der Waals surface area contributed by atoms with Crippen LogP contribution in [0.3, 0.4) is 0 Å². The monoisotopic (exact) mass is 215 g/mol. The molecule has 0 aromatic carbocycles. The third kappa shape index (κ3) is 4.43. The van der Waals surface area contributed by atoms with E-state index in [0.717, 1.165) is 5.82 Å². The molecule has 0 aliphatic rings. The fraction of sp³-hybridized carbons (Fsp3) is 0.750. The molecule has 0 amide bonds. The Bertz CT molecular complexity index is 219. The van der Waals surface area contributed by atoms with Gasteiger partial charge in [-0.25, -0.2) is 0 Å². The standard InChI is InChI=1S/C4H9NO4Se/c1-10(8,9)2-3(5)4(6)7/h3H,2,5H2,1H3,(H,6,7)/t3-/m0/s1. The van der Waals surface area contributed by atoms with Crippen molar-refractivity contribution in [1.29, 1.82) is 0 Å². The van der Waals surface area contributed by atoms with E-state index in [2.05, 4.69) is 0 Å². The first kappa shape index (κ1) is 9.55. The summed E-state index contributed by atoms with van der Waals surface area (Å²) in [7, 11) is 0. The molecule has 10 heavy (non-hydrogen) atoms. The molecule has 0 aliphatic heterocycles. The molecule has 0 unspecified atom stereocenters. The fourth-order valence-corrected chi connectivity index (χ4v) is 2.07. The summed E-state index contributed by atoms with van der Waals surface area (Å²) >= 11 is -3.95. The molecule has 0 saturated heterocycles. The van der Waals surface area contributed by atoms with Crippen LogP contribution in [0.25, 0.3) is 0 Å². The Morgan fingerprint density at radius 1 is 1.70 bits per heavy atom. The maximum atomic E-state index is 10.5. The predicted molar refractivity (Wildman–Crippen MR) is 33.4 cm³/mol. The maximum absolute atomic E-state index is 10.5. The van der Waals surface area contributed by atoms with Crippen LogP contribution in [0.15, 0.2) is 0 Å². The van der Waals surface area contributed by atoms with Crippen LogP contribution in [-0.4, -0.2) is 29.8 Å². The summed E-state index contributed by atoms with van der Waals surface area (Å²) in [6, 6.07) is -1.28. The molecule has 1 atom stereocenters. The zero-order chi connectivity index (χ0) is 8.36. The van der Waals surface area contributed by atoms with Gasteiger partial charge >= 0.3 is 59.2 Å². The molecule has 0 radical (unpaired) electrons. The Morgan fingerprint density at radius 3 is 2.20 bits per heavy atom. The second-order valence-corrected chi connectivity index (χ2v) is 6.62. The number of carboxylic acids is 1. The fourth-order valence-electron chi connectivity index (χ4n) is 0.397. The zero-order valence-electron chi connectivity index (χ0n) is 5.44. The first-order chi connectivity index (χ1) is 4.33. The topological polar surface area (TPSA) is 97.5 Å². The number of carboxylic acid groups (broad SMARTS) is 1. The number of hydrogen-bond acceptors (Lipinski definition) is 4. The van der Waals surface area contributed by atoms with Crippen molar-refractivity contribution in [2.24, 2.45) is 5.73 Å². The molecule has 60 valence electrons. The predicted octanol–water partition coefficient (Wildman–Crippen LogP) is -0.669. The third-order valence-electron chi connectivity index (χ3n) is 0.800. The molecule has 0 aromatic heterocycles. The average Bonchev–Trinajstić information content (AvgIpc) is 1.60. The number of nitrogens with two attached hydrogens (primary N) is 1. The molecule has 0 heterocycles. The summed E-state index contributed by atoms with van der Waals surface area (Å²) in [6.45, 7) is 0. The SMILES string of the molecule is C[Se](=O)(=O)C[C@H](N)C(=O)O. The van der Waals surface area contributed by atoms with E-state index in [1.165, 1.54) is 0 Å². The van der Waals surface area contributed by atoms with E-state index in [1.54, 1.807) is 0 Å². The Kier molecular flexibility index (Phi) is 2.95. The Balaban J connectivity index is 4.06. The van der Waals surface area contributed by atoms with Crippen molar-refractivity contribution in [3.05, 3.63) is 0 Å². The second kappa shape index (κ2) is 3.09. The van der Waals surface area contributed by atoms with Crippen molar-refractivity contribution in [1.82, 2.24) is 0 Å². The van der Waals surface area contributed by atoms with Crippen LogP contribution in [0.5, 0.6) is 0 Å². The third-order valence-corrected chi connectivity index (χ3v) is 2.82. The van der Waals surface area contributed by atoms with Gasteiger partial charge in [0.1, 0.15) is 0 Å². The van der Waals surface area contributed by atoms with E-state index in [4.69, 9.17) is 10.8 Å². The molecule has 0 bridgehead atoms. The number of carbonyl (C=O) groups is 1. The van der Waals surface area contributed by atoms with Gasteiger partial charge in [0.15, 0.2) is 0 Å². The van der Waals surface area contributed by atoms with E-state index in [-0.39, 0.29) is 0 Å². The summed E-state index contributed by atoms with van der Waals surface area (Å²) in [5.74, 6) is -0.269. The molecular formula is C4H9NO4Se. The van der Waals surface area contributed by atoms with E-state index in [0.29, 0.717) is 0 Å².